The molecule has 0 atom stereocenters. The van der Waals surface area contributed by atoms with Crippen LogP contribution in [0.2, 0.25) is 5.02 Å². The van der Waals surface area contributed by atoms with Gasteiger partial charge in [-0.3, -0.25) is 9.59 Å². The molecule has 3 aromatic rings. The Hall–Kier alpha value is -3.23. The second kappa shape index (κ2) is 8.72. The van der Waals surface area contributed by atoms with Crippen molar-refractivity contribution >= 4 is 34.0 Å². The van der Waals surface area contributed by atoms with Gasteiger partial charge >= 0.3 is 0 Å². The first kappa shape index (κ1) is 22.0. The normalized spacial score (nSPS) is 15.2. The highest BCUT2D eigenvalue weighted by atomic mass is 35.5. The zero-order valence-electron chi connectivity index (χ0n) is 18.5. The number of piperidine rings is 1. The fourth-order valence-electron chi connectivity index (χ4n) is 4.56. The number of nitrogens with zero attached hydrogens (tertiary/aromatic N) is 2. The first-order valence-corrected chi connectivity index (χ1v) is 11.1. The Morgan fingerprint density at radius 2 is 1.91 bits per heavy atom. The smallest absolute Gasteiger partial charge is 0.298 e. The van der Waals surface area contributed by atoms with Crippen LogP contribution in [0.15, 0.2) is 53.5 Å². The van der Waals surface area contributed by atoms with Gasteiger partial charge in [0, 0.05) is 42.4 Å². The van der Waals surface area contributed by atoms with Crippen molar-refractivity contribution in [2.45, 2.75) is 32.2 Å². The number of halogens is 1. The monoisotopic (exact) mass is 447 g/mol. The number of pyridine rings is 1. The quantitative estimate of drug-likeness (QED) is 0.603. The summed E-state index contributed by atoms with van der Waals surface area (Å²) in [5, 5.41) is 6.02. The van der Waals surface area contributed by atoms with Crippen LogP contribution < -0.4 is 10.9 Å². The minimum absolute atomic E-state index is 0.0299. The van der Waals surface area contributed by atoms with Gasteiger partial charge in [0.05, 0.1) is 5.54 Å². The van der Waals surface area contributed by atoms with E-state index in [9.17, 15) is 9.59 Å². The second-order valence-electron chi connectivity index (χ2n) is 8.32. The predicted molar refractivity (Wildman–Crippen MR) is 130 cm³/mol. The molecule has 0 radical (unpaired) electrons. The number of likely N-dealkylation sites (tertiary alicyclic amines) is 1. The van der Waals surface area contributed by atoms with E-state index < -0.39 is 5.54 Å². The summed E-state index contributed by atoms with van der Waals surface area (Å²) in [6.07, 6.45) is 3.19. The number of rotatable bonds is 3. The molecule has 4 rings (SSSR count). The lowest BCUT2D eigenvalue weighted by atomic mass is 9.78. The zero-order chi connectivity index (χ0) is 22.9. The van der Waals surface area contributed by atoms with Crippen LogP contribution in [0, 0.1) is 18.8 Å². The lowest BCUT2D eigenvalue weighted by Crippen LogP contribution is -2.49. The number of anilines is 1. The van der Waals surface area contributed by atoms with E-state index in [0.29, 0.717) is 36.3 Å². The van der Waals surface area contributed by atoms with Crippen LogP contribution in [-0.2, 0) is 17.4 Å². The number of nitrogens with one attached hydrogen (secondary N) is 1. The number of carbonyl (C=O) groups excluding carboxylic acids is 1. The van der Waals surface area contributed by atoms with E-state index in [4.69, 9.17) is 11.6 Å². The molecule has 0 bridgehead atoms. The maximum atomic E-state index is 12.7. The van der Waals surface area contributed by atoms with E-state index in [1.165, 1.54) is 0 Å². The van der Waals surface area contributed by atoms with Crippen molar-refractivity contribution in [3.8, 4) is 11.8 Å². The van der Waals surface area contributed by atoms with Crippen LogP contribution in [-0.4, -0.2) is 28.5 Å². The van der Waals surface area contributed by atoms with E-state index in [-0.39, 0.29) is 11.5 Å². The largest absolute Gasteiger partial charge is 0.375 e. The maximum Gasteiger partial charge on any atom is 0.298 e. The van der Waals surface area contributed by atoms with Crippen molar-refractivity contribution in [2.75, 3.05) is 18.4 Å². The van der Waals surface area contributed by atoms with E-state index in [1.54, 1.807) is 29.6 Å². The molecule has 0 unspecified atom stereocenters. The van der Waals surface area contributed by atoms with E-state index >= 15 is 0 Å². The Morgan fingerprint density at radius 1 is 1.16 bits per heavy atom. The van der Waals surface area contributed by atoms with Gasteiger partial charge in [-0.25, -0.2) is 0 Å². The summed E-state index contributed by atoms with van der Waals surface area (Å²) in [6.45, 7) is 4.87. The third-order valence-corrected chi connectivity index (χ3v) is 6.79. The minimum atomic E-state index is -0.418. The lowest BCUT2D eigenvalue weighted by Gasteiger charge is -2.44. The summed E-state index contributed by atoms with van der Waals surface area (Å²) in [5.74, 6) is 5.20. The molecule has 0 spiro atoms. The summed E-state index contributed by atoms with van der Waals surface area (Å²) in [7, 11) is 1.75. The molecule has 2 aromatic carbocycles. The third-order valence-electron chi connectivity index (χ3n) is 6.38. The maximum absolute atomic E-state index is 12.7. The first-order valence-electron chi connectivity index (χ1n) is 10.7. The van der Waals surface area contributed by atoms with Crippen molar-refractivity contribution in [1.82, 2.24) is 9.47 Å². The first-order chi connectivity index (χ1) is 15.3. The Bertz CT molecular complexity index is 1310. The topological polar surface area (TPSA) is 54.3 Å². The molecule has 1 aliphatic rings. The third kappa shape index (κ3) is 3.99. The average Bonchev–Trinajstić information content (AvgIpc) is 2.79. The summed E-state index contributed by atoms with van der Waals surface area (Å²) < 4.78 is 1.59. The Balaban J connectivity index is 1.75. The standard InChI is InChI=1S/C26H26ClN3O2/c1-4-6-24(31)30-15-12-26(13-16-30,22-7-5-8-23(27)18(22)2)28-20-10-9-19-11-14-29(3)25(32)21(19)17-20/h5,7-11,14,17,28H,12-13,15-16H2,1-3H3. The van der Waals surface area contributed by atoms with Crippen molar-refractivity contribution in [2.24, 2.45) is 7.05 Å². The molecule has 1 N–H and O–H groups in total. The van der Waals surface area contributed by atoms with Crippen LogP contribution in [0.4, 0.5) is 5.69 Å². The Kier molecular flexibility index (Phi) is 5.99. The number of aryl methyl sites for hydroxylation is 1. The van der Waals surface area contributed by atoms with Gasteiger partial charge in [0.15, 0.2) is 0 Å². The van der Waals surface area contributed by atoms with Crippen molar-refractivity contribution in [3.63, 3.8) is 0 Å². The summed E-state index contributed by atoms with van der Waals surface area (Å²) in [5.41, 5.74) is 2.55. The highest BCUT2D eigenvalue weighted by Crippen LogP contribution is 2.40. The van der Waals surface area contributed by atoms with Crippen LogP contribution in [0.25, 0.3) is 10.8 Å². The minimum Gasteiger partial charge on any atom is -0.375 e. The number of hydrogen-bond donors (Lipinski definition) is 1. The highest BCUT2D eigenvalue weighted by molar-refractivity contribution is 6.31. The molecule has 1 aromatic heterocycles. The van der Waals surface area contributed by atoms with Crippen molar-refractivity contribution < 1.29 is 4.79 Å². The molecule has 0 saturated carbocycles. The molecule has 5 nitrogen and oxygen atoms in total. The summed E-state index contributed by atoms with van der Waals surface area (Å²) in [6, 6.07) is 13.8. The van der Waals surface area contributed by atoms with Crippen LogP contribution in [0.5, 0.6) is 0 Å². The number of fused-ring (bicyclic) bond motifs is 1. The van der Waals surface area contributed by atoms with Gasteiger partial charge in [-0.05, 0) is 73.4 Å². The molecule has 0 aliphatic carbocycles. The fourth-order valence-corrected chi connectivity index (χ4v) is 4.73. The Morgan fingerprint density at radius 3 is 2.62 bits per heavy atom. The molecule has 1 saturated heterocycles. The molecular formula is C26H26ClN3O2. The molecule has 2 heterocycles. The SMILES string of the molecule is CC#CC(=O)N1CCC(Nc2ccc3ccn(C)c(=O)c3c2)(c2cccc(Cl)c2C)CC1. The zero-order valence-corrected chi connectivity index (χ0v) is 19.3. The van der Waals surface area contributed by atoms with E-state index in [0.717, 1.165) is 22.2 Å². The lowest BCUT2D eigenvalue weighted by molar-refractivity contribution is -0.126. The van der Waals surface area contributed by atoms with Gasteiger partial charge in [-0.15, -0.1) is 0 Å². The fraction of sp³-hybridized carbons (Fsp3) is 0.308. The number of carbonyl (C=O) groups is 1. The summed E-state index contributed by atoms with van der Waals surface area (Å²) in [4.78, 5) is 26.8. The molecule has 6 heteroatoms. The predicted octanol–water partition coefficient (Wildman–Crippen LogP) is 4.45. The molecule has 164 valence electrons. The highest BCUT2D eigenvalue weighted by Gasteiger charge is 2.38. The molecular weight excluding hydrogens is 422 g/mol. The van der Waals surface area contributed by atoms with Gasteiger partial charge in [0.25, 0.3) is 11.5 Å². The van der Waals surface area contributed by atoms with Crippen molar-refractivity contribution in [1.29, 1.82) is 0 Å². The van der Waals surface area contributed by atoms with Crippen LogP contribution >= 0.6 is 11.6 Å². The van der Waals surface area contributed by atoms with Crippen molar-refractivity contribution in [3.05, 3.63) is 75.2 Å². The van der Waals surface area contributed by atoms with Crippen LogP contribution in [0.3, 0.4) is 0 Å². The number of hydrogen-bond acceptors (Lipinski definition) is 3. The number of benzene rings is 2. The van der Waals surface area contributed by atoms with E-state index in [1.807, 2.05) is 43.3 Å². The molecule has 1 amide bonds. The molecule has 1 fully saturated rings. The van der Waals surface area contributed by atoms with Gasteiger partial charge in [0.1, 0.15) is 0 Å². The van der Waals surface area contributed by atoms with Gasteiger partial charge in [-0.1, -0.05) is 35.7 Å². The second-order valence-corrected chi connectivity index (χ2v) is 8.73. The molecule has 1 aliphatic heterocycles. The Labute approximate surface area is 193 Å². The van der Waals surface area contributed by atoms with E-state index in [2.05, 4.69) is 23.2 Å². The number of aromatic nitrogens is 1. The number of amides is 1. The van der Waals surface area contributed by atoms with Gasteiger partial charge < -0.3 is 14.8 Å². The van der Waals surface area contributed by atoms with Gasteiger partial charge in [0.2, 0.25) is 0 Å². The summed E-state index contributed by atoms with van der Waals surface area (Å²) >= 11 is 6.48. The van der Waals surface area contributed by atoms with Crippen LogP contribution in [0.1, 0.15) is 30.9 Å². The molecule has 32 heavy (non-hydrogen) atoms. The van der Waals surface area contributed by atoms with Gasteiger partial charge in [-0.2, -0.15) is 0 Å². The average molecular weight is 448 g/mol.